The summed E-state index contributed by atoms with van der Waals surface area (Å²) >= 11 is 5.79. The zero-order chi connectivity index (χ0) is 22.0. The number of fused-ring (bicyclic) bond motifs is 1. The average molecular weight is 425 g/mol. The van der Waals surface area contributed by atoms with Crippen LogP contribution in [0.15, 0.2) is 6.07 Å². The summed E-state index contributed by atoms with van der Waals surface area (Å²) in [6.45, 7) is 12.2. The van der Waals surface area contributed by atoms with Crippen LogP contribution in [0.3, 0.4) is 0 Å². The Hall–Kier alpha value is -1.95. The van der Waals surface area contributed by atoms with E-state index in [1.165, 1.54) is 0 Å². The third kappa shape index (κ3) is 5.56. The molecular formula is C22H33ClN2O4. The molecule has 2 rings (SSSR count). The lowest BCUT2D eigenvalue weighted by Crippen LogP contribution is -2.33. The molecular weight excluding hydrogens is 392 g/mol. The maximum atomic E-state index is 12.9. The Morgan fingerprint density at radius 1 is 1.21 bits per heavy atom. The maximum Gasteiger partial charge on any atom is 0.410 e. The summed E-state index contributed by atoms with van der Waals surface area (Å²) in [5.41, 5.74) is 2.47. The molecule has 1 N–H and O–H groups in total. The van der Waals surface area contributed by atoms with E-state index in [1.807, 2.05) is 47.6 Å². The zero-order valence-electron chi connectivity index (χ0n) is 18.6. The lowest BCUT2D eigenvalue weighted by atomic mass is 9.87. The summed E-state index contributed by atoms with van der Waals surface area (Å²) in [5, 5.41) is 3.02. The van der Waals surface area contributed by atoms with Crippen molar-refractivity contribution in [3.63, 3.8) is 0 Å². The Morgan fingerprint density at radius 2 is 1.86 bits per heavy atom. The van der Waals surface area contributed by atoms with Gasteiger partial charge in [0.1, 0.15) is 11.4 Å². The van der Waals surface area contributed by atoms with Crippen LogP contribution in [-0.2, 0) is 22.6 Å². The van der Waals surface area contributed by atoms with Crippen LogP contribution in [-0.4, -0.2) is 35.5 Å². The predicted molar refractivity (Wildman–Crippen MR) is 116 cm³/mol. The van der Waals surface area contributed by atoms with E-state index < -0.39 is 11.0 Å². The van der Waals surface area contributed by atoms with Crippen LogP contribution in [0.4, 0.5) is 10.5 Å². The fourth-order valence-electron chi connectivity index (χ4n) is 3.45. The molecule has 1 aromatic carbocycles. The van der Waals surface area contributed by atoms with E-state index in [0.29, 0.717) is 36.8 Å². The van der Waals surface area contributed by atoms with Crippen LogP contribution in [0, 0.1) is 12.3 Å². The molecule has 1 aliphatic rings. The van der Waals surface area contributed by atoms with Gasteiger partial charge >= 0.3 is 6.09 Å². The second-order valence-corrected chi connectivity index (χ2v) is 9.56. The number of nitrogens with zero attached hydrogens (tertiary/aromatic N) is 1. The minimum Gasteiger partial charge on any atom is -0.494 e. The summed E-state index contributed by atoms with van der Waals surface area (Å²) in [6, 6.07) is 1.90. The quantitative estimate of drug-likeness (QED) is 0.634. The van der Waals surface area contributed by atoms with Crippen LogP contribution in [0.2, 0.25) is 0 Å². The molecule has 0 fully saturated rings. The van der Waals surface area contributed by atoms with Crippen molar-refractivity contribution in [2.24, 2.45) is 5.41 Å². The highest BCUT2D eigenvalue weighted by Gasteiger charge is 2.32. The smallest absolute Gasteiger partial charge is 0.410 e. The van der Waals surface area contributed by atoms with Gasteiger partial charge in [0.15, 0.2) is 0 Å². The van der Waals surface area contributed by atoms with Gasteiger partial charge in [-0.05, 0) is 63.3 Å². The Labute approximate surface area is 178 Å². The number of carbonyl (C=O) groups excluding carboxylic acids is 2. The number of carbonyl (C=O) groups is 2. The molecule has 0 saturated heterocycles. The van der Waals surface area contributed by atoms with Crippen molar-refractivity contribution in [3.05, 3.63) is 22.8 Å². The van der Waals surface area contributed by atoms with E-state index in [9.17, 15) is 9.59 Å². The third-order valence-electron chi connectivity index (χ3n) is 5.11. The fourth-order valence-corrected chi connectivity index (χ4v) is 3.58. The van der Waals surface area contributed by atoms with E-state index >= 15 is 0 Å². The van der Waals surface area contributed by atoms with Crippen LogP contribution in [0.5, 0.6) is 5.75 Å². The van der Waals surface area contributed by atoms with Crippen molar-refractivity contribution >= 4 is 29.3 Å². The Kier molecular flexibility index (Phi) is 7.10. The number of methoxy groups -OCH3 is 1. The highest BCUT2D eigenvalue weighted by atomic mass is 35.5. The largest absolute Gasteiger partial charge is 0.494 e. The van der Waals surface area contributed by atoms with E-state index in [0.717, 1.165) is 23.1 Å². The highest BCUT2D eigenvalue weighted by molar-refractivity contribution is 6.17. The Morgan fingerprint density at radius 3 is 2.41 bits per heavy atom. The van der Waals surface area contributed by atoms with Gasteiger partial charge in [0, 0.05) is 17.8 Å². The SMILES string of the molecule is COc1c(NC(=O)C(C)(C)CCCCl)cc2c(c1C)CN(C(=O)OC(C)(C)C)C2. The second kappa shape index (κ2) is 8.82. The normalized spacial score (nSPS) is 13.9. The minimum atomic E-state index is -0.549. The molecule has 0 aliphatic carbocycles. The molecule has 0 radical (unpaired) electrons. The number of ether oxygens (including phenoxy) is 2. The number of hydrogen-bond donors (Lipinski definition) is 1. The molecule has 29 heavy (non-hydrogen) atoms. The molecule has 0 aromatic heterocycles. The van der Waals surface area contributed by atoms with Gasteiger partial charge in [0.25, 0.3) is 0 Å². The molecule has 1 heterocycles. The van der Waals surface area contributed by atoms with E-state index in [2.05, 4.69) is 5.32 Å². The standard InChI is InChI=1S/C22H33ClN2O4/c1-14-16-13-25(20(27)29-21(2,3)4)12-15(16)11-17(18(14)28-7)24-19(26)22(5,6)9-8-10-23/h11H,8-10,12-13H2,1-7H3,(H,24,26). The van der Waals surface area contributed by atoms with E-state index in [1.54, 1.807) is 12.0 Å². The van der Waals surface area contributed by atoms with Gasteiger partial charge in [0.05, 0.1) is 19.3 Å². The number of hydrogen-bond acceptors (Lipinski definition) is 4. The van der Waals surface area contributed by atoms with Crippen LogP contribution >= 0.6 is 11.6 Å². The third-order valence-corrected chi connectivity index (χ3v) is 5.38. The van der Waals surface area contributed by atoms with Crippen LogP contribution in [0.25, 0.3) is 0 Å². The molecule has 7 heteroatoms. The molecule has 0 bridgehead atoms. The first kappa shape index (κ1) is 23.3. The fraction of sp³-hybridized carbons (Fsp3) is 0.636. The molecule has 1 aromatic rings. The lowest BCUT2D eigenvalue weighted by Gasteiger charge is -2.24. The first-order chi connectivity index (χ1) is 13.4. The van der Waals surface area contributed by atoms with Gasteiger partial charge < -0.3 is 14.8 Å². The van der Waals surface area contributed by atoms with Crippen molar-refractivity contribution in [2.75, 3.05) is 18.3 Å². The molecule has 162 valence electrons. The molecule has 0 spiro atoms. The summed E-state index contributed by atoms with van der Waals surface area (Å²) in [5.74, 6) is 1.07. The molecule has 1 aliphatic heterocycles. The summed E-state index contributed by atoms with van der Waals surface area (Å²) < 4.78 is 11.1. The maximum absolute atomic E-state index is 12.9. The van der Waals surface area contributed by atoms with Gasteiger partial charge in [-0.1, -0.05) is 13.8 Å². The van der Waals surface area contributed by atoms with Crippen molar-refractivity contribution in [3.8, 4) is 5.75 Å². The summed E-state index contributed by atoms with van der Waals surface area (Å²) in [6.07, 6.45) is 1.12. The van der Waals surface area contributed by atoms with E-state index in [-0.39, 0.29) is 12.0 Å². The first-order valence-electron chi connectivity index (χ1n) is 9.94. The molecule has 6 nitrogen and oxygen atoms in total. The average Bonchev–Trinajstić information content (AvgIpc) is 3.03. The van der Waals surface area contributed by atoms with Gasteiger partial charge in [0.2, 0.25) is 5.91 Å². The van der Waals surface area contributed by atoms with Gasteiger partial charge in [-0.15, -0.1) is 11.6 Å². The second-order valence-electron chi connectivity index (χ2n) is 9.19. The van der Waals surface area contributed by atoms with Crippen molar-refractivity contribution in [2.45, 2.75) is 73.1 Å². The number of nitrogens with one attached hydrogen (secondary N) is 1. The van der Waals surface area contributed by atoms with E-state index in [4.69, 9.17) is 21.1 Å². The zero-order valence-corrected chi connectivity index (χ0v) is 19.3. The number of rotatable bonds is 6. The topological polar surface area (TPSA) is 67.9 Å². The molecule has 0 unspecified atom stereocenters. The number of alkyl halides is 1. The van der Waals surface area contributed by atoms with Crippen molar-refractivity contribution in [1.82, 2.24) is 4.90 Å². The minimum absolute atomic E-state index is 0.0812. The Bertz CT molecular complexity index is 784. The molecule has 0 saturated carbocycles. The lowest BCUT2D eigenvalue weighted by molar-refractivity contribution is -0.124. The number of benzene rings is 1. The highest BCUT2D eigenvalue weighted by Crippen LogP contribution is 2.39. The van der Waals surface area contributed by atoms with Crippen molar-refractivity contribution in [1.29, 1.82) is 0 Å². The van der Waals surface area contributed by atoms with Gasteiger partial charge in [-0.25, -0.2) is 4.79 Å². The summed E-state index contributed by atoms with van der Waals surface area (Å²) in [7, 11) is 1.59. The van der Waals surface area contributed by atoms with Crippen LogP contribution in [0.1, 0.15) is 64.2 Å². The van der Waals surface area contributed by atoms with Gasteiger partial charge in [-0.3, -0.25) is 9.69 Å². The monoisotopic (exact) mass is 424 g/mol. The number of amides is 2. The number of anilines is 1. The first-order valence-corrected chi connectivity index (χ1v) is 10.5. The van der Waals surface area contributed by atoms with Crippen LogP contribution < -0.4 is 10.1 Å². The van der Waals surface area contributed by atoms with Gasteiger partial charge in [-0.2, -0.15) is 0 Å². The Balaban J connectivity index is 2.27. The molecule has 2 amide bonds. The molecule has 0 atom stereocenters. The number of halogens is 1. The summed E-state index contributed by atoms with van der Waals surface area (Å²) in [4.78, 5) is 27.0. The van der Waals surface area contributed by atoms with Crippen molar-refractivity contribution < 1.29 is 19.1 Å². The predicted octanol–water partition coefficient (Wildman–Crippen LogP) is 5.24.